The van der Waals surface area contributed by atoms with Gasteiger partial charge in [-0.05, 0) is 0 Å². The molecular weight excluding hydrogens is 242 g/mol. The van der Waals surface area contributed by atoms with Crippen LogP contribution in [0, 0.1) is 0 Å². The van der Waals surface area contributed by atoms with E-state index >= 15 is 0 Å². The molecule has 0 spiro atoms. The van der Waals surface area contributed by atoms with E-state index in [1.165, 1.54) is 20.5 Å². The molecule has 1 atom stereocenters. The number of hydrogen-bond acceptors (Lipinski definition) is 6. The summed E-state index contributed by atoms with van der Waals surface area (Å²) in [5.74, 6) is -1.03. The number of carboxylic acid groups (broad SMARTS) is 1. The van der Waals surface area contributed by atoms with Crippen LogP contribution in [0.25, 0.3) is 0 Å². The Labute approximate surface area is 103 Å². The molecule has 1 aromatic rings. The lowest BCUT2D eigenvalue weighted by atomic mass is 10.2. The number of methoxy groups -OCH3 is 2. The fourth-order valence-corrected chi connectivity index (χ4v) is 1.34. The van der Waals surface area contributed by atoms with E-state index in [4.69, 9.17) is 14.6 Å². The van der Waals surface area contributed by atoms with Gasteiger partial charge in [-0.1, -0.05) is 0 Å². The highest BCUT2D eigenvalue weighted by atomic mass is 16.5. The van der Waals surface area contributed by atoms with Crippen LogP contribution in [-0.4, -0.2) is 47.9 Å². The normalized spacial score (nSPS) is 11.9. The third kappa shape index (κ3) is 3.45. The molecule has 0 aliphatic carbocycles. The zero-order valence-electron chi connectivity index (χ0n) is 10.1. The van der Waals surface area contributed by atoms with Gasteiger partial charge in [0.1, 0.15) is 6.04 Å². The highest BCUT2D eigenvalue weighted by Gasteiger charge is 2.20. The van der Waals surface area contributed by atoms with Gasteiger partial charge < -0.3 is 24.9 Å². The quantitative estimate of drug-likeness (QED) is 0.613. The fraction of sp³-hybridized carbons (Fsp3) is 0.500. The number of aromatic nitrogens is 2. The number of aromatic amines is 1. The van der Waals surface area contributed by atoms with E-state index in [1.54, 1.807) is 0 Å². The van der Waals surface area contributed by atoms with Crippen molar-refractivity contribution in [2.45, 2.75) is 12.5 Å². The van der Waals surface area contributed by atoms with Gasteiger partial charge in [-0.3, -0.25) is 4.79 Å². The Morgan fingerprint density at radius 1 is 1.61 bits per heavy atom. The van der Waals surface area contributed by atoms with Crippen LogP contribution >= 0.6 is 0 Å². The lowest BCUT2D eigenvalue weighted by molar-refractivity contribution is -0.138. The van der Waals surface area contributed by atoms with Gasteiger partial charge in [0.15, 0.2) is 5.82 Å². The number of aliphatic carboxylic acids is 1. The third-order valence-corrected chi connectivity index (χ3v) is 2.23. The smallest absolute Gasteiger partial charge is 0.326 e. The van der Waals surface area contributed by atoms with Crippen molar-refractivity contribution in [3.05, 3.63) is 16.7 Å². The van der Waals surface area contributed by atoms with Crippen LogP contribution in [-0.2, 0) is 9.53 Å². The van der Waals surface area contributed by atoms with E-state index in [2.05, 4.69) is 15.3 Å². The van der Waals surface area contributed by atoms with Crippen molar-refractivity contribution in [3.63, 3.8) is 0 Å². The highest BCUT2D eigenvalue weighted by molar-refractivity contribution is 5.77. The minimum Gasteiger partial charge on any atom is -0.489 e. The van der Waals surface area contributed by atoms with Gasteiger partial charge in [-0.15, -0.1) is 0 Å². The van der Waals surface area contributed by atoms with Crippen molar-refractivity contribution >= 4 is 11.8 Å². The molecule has 1 unspecified atom stereocenters. The van der Waals surface area contributed by atoms with Crippen molar-refractivity contribution in [3.8, 4) is 5.75 Å². The van der Waals surface area contributed by atoms with Gasteiger partial charge in [0.05, 0.1) is 13.4 Å². The molecule has 0 saturated carbocycles. The van der Waals surface area contributed by atoms with Gasteiger partial charge in [0.25, 0.3) is 5.56 Å². The summed E-state index contributed by atoms with van der Waals surface area (Å²) in [5, 5.41) is 11.7. The average molecular weight is 257 g/mol. The number of carboxylic acids is 1. The molecule has 1 heterocycles. The number of nitrogens with one attached hydrogen (secondary N) is 2. The Kier molecular flexibility index (Phi) is 5.12. The summed E-state index contributed by atoms with van der Waals surface area (Å²) in [6.07, 6.45) is 1.41. The molecule has 0 aromatic carbocycles. The number of rotatable bonds is 7. The first-order valence-electron chi connectivity index (χ1n) is 5.20. The summed E-state index contributed by atoms with van der Waals surface area (Å²) in [4.78, 5) is 28.6. The summed E-state index contributed by atoms with van der Waals surface area (Å²) in [7, 11) is 2.79. The standard InChI is InChI=1S/C10H15N3O5/c1-17-4-3-6(10(15)16)13-8-7(18-2)9(14)12-5-11-8/h5-6H,3-4H2,1-2H3,(H,15,16)(H2,11,12,13,14). The Hall–Kier alpha value is -2.09. The molecule has 8 nitrogen and oxygen atoms in total. The zero-order chi connectivity index (χ0) is 13.5. The van der Waals surface area contributed by atoms with Crippen LogP contribution in [0.5, 0.6) is 5.75 Å². The number of hydrogen-bond donors (Lipinski definition) is 3. The molecule has 0 fully saturated rings. The van der Waals surface area contributed by atoms with Gasteiger partial charge >= 0.3 is 5.97 Å². The molecule has 8 heteroatoms. The van der Waals surface area contributed by atoms with Gasteiger partial charge in [0, 0.05) is 20.1 Å². The summed E-state index contributed by atoms with van der Waals surface area (Å²) >= 11 is 0. The highest BCUT2D eigenvalue weighted by Crippen LogP contribution is 2.16. The van der Waals surface area contributed by atoms with E-state index < -0.39 is 17.6 Å². The number of carbonyl (C=O) groups is 1. The molecule has 0 amide bonds. The maximum atomic E-state index is 11.4. The summed E-state index contributed by atoms with van der Waals surface area (Å²) in [6.45, 7) is 0.273. The molecule has 18 heavy (non-hydrogen) atoms. The molecule has 3 N–H and O–H groups in total. The molecular formula is C10H15N3O5. The van der Waals surface area contributed by atoms with Gasteiger partial charge in [-0.25, -0.2) is 9.78 Å². The van der Waals surface area contributed by atoms with E-state index in [0.717, 1.165) is 0 Å². The van der Waals surface area contributed by atoms with Crippen molar-refractivity contribution in [2.24, 2.45) is 0 Å². The SMILES string of the molecule is COCCC(Nc1nc[nH]c(=O)c1OC)C(=O)O. The minimum atomic E-state index is -1.06. The predicted molar refractivity (Wildman–Crippen MR) is 62.9 cm³/mol. The second kappa shape index (κ2) is 6.60. The molecule has 100 valence electrons. The van der Waals surface area contributed by atoms with Crippen molar-refractivity contribution in [1.29, 1.82) is 0 Å². The average Bonchev–Trinajstić information content (AvgIpc) is 2.34. The largest absolute Gasteiger partial charge is 0.489 e. The van der Waals surface area contributed by atoms with Gasteiger partial charge in [-0.2, -0.15) is 0 Å². The maximum absolute atomic E-state index is 11.4. The molecule has 0 aliphatic heterocycles. The molecule has 1 aromatic heterocycles. The van der Waals surface area contributed by atoms with E-state index in [1.807, 2.05) is 0 Å². The first kappa shape index (κ1) is 14.0. The van der Waals surface area contributed by atoms with Crippen molar-refractivity contribution < 1.29 is 19.4 Å². The summed E-state index contributed by atoms with van der Waals surface area (Å²) < 4.78 is 9.69. The number of ether oxygens (including phenoxy) is 2. The van der Waals surface area contributed by atoms with Crippen LogP contribution in [0.2, 0.25) is 0 Å². The monoisotopic (exact) mass is 257 g/mol. The molecule has 0 bridgehead atoms. The first-order chi connectivity index (χ1) is 8.60. The van der Waals surface area contributed by atoms with E-state index in [-0.39, 0.29) is 24.6 Å². The summed E-state index contributed by atoms with van der Waals surface area (Å²) in [5.41, 5.74) is -0.481. The van der Waals surface area contributed by atoms with Crippen LogP contribution in [0.15, 0.2) is 11.1 Å². The zero-order valence-corrected chi connectivity index (χ0v) is 10.1. The molecule has 0 saturated heterocycles. The molecule has 1 rings (SSSR count). The minimum absolute atomic E-state index is 0.0545. The van der Waals surface area contributed by atoms with Gasteiger partial charge in [0.2, 0.25) is 5.75 Å². The summed E-state index contributed by atoms with van der Waals surface area (Å²) in [6, 6.07) is -0.909. The number of H-pyrrole nitrogens is 1. The van der Waals surface area contributed by atoms with Crippen LogP contribution in [0.3, 0.4) is 0 Å². The second-order valence-electron chi connectivity index (χ2n) is 3.43. The first-order valence-corrected chi connectivity index (χ1v) is 5.20. The molecule has 0 aliphatic rings. The third-order valence-electron chi connectivity index (χ3n) is 2.23. The number of nitrogens with zero attached hydrogens (tertiary/aromatic N) is 1. The predicted octanol–water partition coefficient (Wildman–Crippen LogP) is -0.320. The van der Waals surface area contributed by atoms with Crippen molar-refractivity contribution in [2.75, 3.05) is 26.1 Å². The number of anilines is 1. The van der Waals surface area contributed by atoms with E-state index in [0.29, 0.717) is 0 Å². The van der Waals surface area contributed by atoms with E-state index in [9.17, 15) is 9.59 Å². The second-order valence-corrected chi connectivity index (χ2v) is 3.43. The van der Waals surface area contributed by atoms with Crippen molar-refractivity contribution in [1.82, 2.24) is 9.97 Å². The van der Waals surface area contributed by atoms with Crippen LogP contribution in [0.4, 0.5) is 5.82 Å². The lowest BCUT2D eigenvalue weighted by Gasteiger charge is -2.15. The van der Waals surface area contributed by atoms with Crippen LogP contribution < -0.4 is 15.6 Å². The molecule has 0 radical (unpaired) electrons. The Bertz CT molecular complexity index is 459. The lowest BCUT2D eigenvalue weighted by Crippen LogP contribution is -2.31. The Morgan fingerprint density at radius 3 is 2.89 bits per heavy atom. The maximum Gasteiger partial charge on any atom is 0.326 e. The Balaban J connectivity index is 2.90. The fourth-order valence-electron chi connectivity index (χ4n) is 1.34. The van der Waals surface area contributed by atoms with Crippen LogP contribution in [0.1, 0.15) is 6.42 Å². The topological polar surface area (TPSA) is 114 Å². The Morgan fingerprint density at radius 2 is 2.33 bits per heavy atom.